The highest BCUT2D eigenvalue weighted by atomic mass is 35.5. The summed E-state index contributed by atoms with van der Waals surface area (Å²) in [7, 11) is 0. The lowest BCUT2D eigenvalue weighted by molar-refractivity contribution is 0.0702. The van der Waals surface area contributed by atoms with Crippen molar-refractivity contribution in [3.8, 4) is 0 Å². The van der Waals surface area contributed by atoms with Gasteiger partial charge in [-0.3, -0.25) is 4.90 Å². The molecule has 0 aliphatic carbocycles. The number of amides is 2. The number of fused-ring (bicyclic) bond motifs is 1. The standard InChI is InChI=1S/C10H12N4O3S.ClH/c15-8(16)7-4-12-9(18-7)14-5-6-3-11-1-2-13(6)10(14)17;/h4,6,11H,1-3,5H2,(H,15,16);1H/t6-;/m0./s1. The number of urea groups is 1. The zero-order valence-electron chi connectivity index (χ0n) is 9.90. The summed E-state index contributed by atoms with van der Waals surface area (Å²) in [6.07, 6.45) is 1.30. The fourth-order valence-corrected chi connectivity index (χ4v) is 3.03. The third-order valence-corrected chi connectivity index (χ3v) is 4.16. The van der Waals surface area contributed by atoms with E-state index in [-0.39, 0.29) is 29.4 Å². The van der Waals surface area contributed by atoms with Crippen LogP contribution in [-0.2, 0) is 0 Å². The number of anilines is 1. The van der Waals surface area contributed by atoms with Crippen molar-refractivity contribution in [3.63, 3.8) is 0 Å². The van der Waals surface area contributed by atoms with Gasteiger partial charge in [0, 0.05) is 19.6 Å². The number of thiazole rings is 1. The Morgan fingerprint density at radius 3 is 3.00 bits per heavy atom. The van der Waals surface area contributed by atoms with E-state index in [4.69, 9.17) is 5.11 Å². The highest BCUT2D eigenvalue weighted by Gasteiger charge is 2.40. The van der Waals surface area contributed by atoms with Crippen molar-refractivity contribution < 1.29 is 14.7 Å². The molecule has 0 aromatic carbocycles. The minimum atomic E-state index is -1.01. The molecule has 3 heterocycles. The third kappa shape index (κ3) is 2.38. The van der Waals surface area contributed by atoms with Gasteiger partial charge in [0.1, 0.15) is 4.88 Å². The highest BCUT2D eigenvalue weighted by Crippen LogP contribution is 2.28. The van der Waals surface area contributed by atoms with Gasteiger partial charge in [-0.15, -0.1) is 12.4 Å². The number of hydrogen-bond acceptors (Lipinski definition) is 5. The largest absolute Gasteiger partial charge is 0.477 e. The maximum atomic E-state index is 12.2. The van der Waals surface area contributed by atoms with E-state index in [1.165, 1.54) is 6.20 Å². The Labute approximate surface area is 119 Å². The van der Waals surface area contributed by atoms with Crippen LogP contribution in [-0.4, -0.2) is 59.2 Å². The number of hydrogen-bond donors (Lipinski definition) is 2. The van der Waals surface area contributed by atoms with Crippen LogP contribution in [0, 0.1) is 0 Å². The monoisotopic (exact) mass is 304 g/mol. The van der Waals surface area contributed by atoms with Gasteiger partial charge in [-0.2, -0.15) is 0 Å². The van der Waals surface area contributed by atoms with Crippen LogP contribution in [0.15, 0.2) is 6.20 Å². The summed E-state index contributed by atoms with van der Waals surface area (Å²) in [6.45, 7) is 2.84. The Bertz CT molecular complexity index is 509. The third-order valence-electron chi connectivity index (χ3n) is 3.16. The van der Waals surface area contributed by atoms with E-state index in [2.05, 4.69) is 10.3 Å². The van der Waals surface area contributed by atoms with Crippen LogP contribution in [0.3, 0.4) is 0 Å². The van der Waals surface area contributed by atoms with Crippen molar-refractivity contribution in [2.45, 2.75) is 6.04 Å². The first-order valence-electron chi connectivity index (χ1n) is 5.65. The van der Waals surface area contributed by atoms with Crippen LogP contribution in [0.2, 0.25) is 0 Å². The lowest BCUT2D eigenvalue weighted by Crippen LogP contribution is -2.49. The topological polar surface area (TPSA) is 85.8 Å². The van der Waals surface area contributed by atoms with Gasteiger partial charge >= 0.3 is 12.0 Å². The van der Waals surface area contributed by atoms with E-state index in [0.29, 0.717) is 18.2 Å². The molecule has 104 valence electrons. The second kappa shape index (κ2) is 5.32. The first kappa shape index (κ1) is 14.0. The summed E-state index contributed by atoms with van der Waals surface area (Å²) >= 11 is 1.03. The molecule has 1 aromatic heterocycles. The molecular formula is C10H13ClN4O3S. The summed E-state index contributed by atoms with van der Waals surface area (Å²) in [5, 5.41) is 12.6. The van der Waals surface area contributed by atoms with E-state index in [9.17, 15) is 9.59 Å². The fraction of sp³-hybridized carbons (Fsp3) is 0.500. The Morgan fingerprint density at radius 2 is 2.37 bits per heavy atom. The van der Waals surface area contributed by atoms with Gasteiger partial charge in [0.2, 0.25) is 0 Å². The number of nitrogens with zero attached hydrogens (tertiary/aromatic N) is 3. The number of aromatic nitrogens is 1. The lowest BCUT2D eigenvalue weighted by atomic mass is 10.2. The van der Waals surface area contributed by atoms with Gasteiger partial charge in [-0.25, -0.2) is 14.6 Å². The number of carboxylic acid groups (broad SMARTS) is 1. The summed E-state index contributed by atoms with van der Waals surface area (Å²) in [5.41, 5.74) is 0. The Morgan fingerprint density at radius 1 is 1.58 bits per heavy atom. The van der Waals surface area contributed by atoms with Gasteiger partial charge in [-0.1, -0.05) is 11.3 Å². The van der Waals surface area contributed by atoms with Gasteiger partial charge in [0.15, 0.2) is 5.13 Å². The van der Waals surface area contributed by atoms with Crippen LogP contribution in [0.25, 0.3) is 0 Å². The van der Waals surface area contributed by atoms with Crippen molar-refractivity contribution in [1.82, 2.24) is 15.2 Å². The Hall–Kier alpha value is -1.38. The van der Waals surface area contributed by atoms with Crippen LogP contribution >= 0.6 is 23.7 Å². The molecule has 1 atom stereocenters. The molecule has 0 saturated carbocycles. The minimum absolute atomic E-state index is 0. The number of carbonyl (C=O) groups is 2. The van der Waals surface area contributed by atoms with Gasteiger partial charge in [0.25, 0.3) is 0 Å². The van der Waals surface area contributed by atoms with Crippen LogP contribution in [0.1, 0.15) is 9.67 Å². The Balaban J connectivity index is 0.00000133. The molecule has 2 N–H and O–H groups in total. The predicted octanol–water partition coefficient (Wildman–Crippen LogP) is 0.477. The number of halogens is 1. The smallest absolute Gasteiger partial charge is 0.347 e. The van der Waals surface area contributed by atoms with Crippen molar-refractivity contribution in [2.75, 3.05) is 31.1 Å². The summed E-state index contributed by atoms with van der Waals surface area (Å²) in [5.74, 6) is -1.01. The highest BCUT2D eigenvalue weighted by molar-refractivity contribution is 7.17. The van der Waals surface area contributed by atoms with Gasteiger partial charge in [-0.05, 0) is 0 Å². The molecule has 2 aliphatic rings. The molecule has 0 radical (unpaired) electrons. The van der Waals surface area contributed by atoms with Crippen molar-refractivity contribution >= 4 is 40.9 Å². The first-order chi connectivity index (χ1) is 8.66. The molecule has 0 spiro atoms. The van der Waals surface area contributed by atoms with E-state index in [1.54, 1.807) is 4.90 Å². The molecule has 1 aromatic rings. The van der Waals surface area contributed by atoms with Gasteiger partial charge in [0.05, 0.1) is 18.8 Å². The molecule has 9 heteroatoms. The zero-order valence-corrected chi connectivity index (χ0v) is 11.5. The average molecular weight is 305 g/mol. The molecule has 2 fully saturated rings. The molecule has 3 rings (SSSR count). The predicted molar refractivity (Wildman–Crippen MR) is 72.4 cm³/mol. The molecule has 2 aliphatic heterocycles. The number of aromatic carboxylic acids is 1. The van der Waals surface area contributed by atoms with E-state index >= 15 is 0 Å². The van der Waals surface area contributed by atoms with Gasteiger partial charge < -0.3 is 15.3 Å². The summed E-state index contributed by atoms with van der Waals surface area (Å²) < 4.78 is 0. The summed E-state index contributed by atoms with van der Waals surface area (Å²) in [4.78, 5) is 30.5. The van der Waals surface area contributed by atoms with Crippen LogP contribution in [0.4, 0.5) is 9.93 Å². The molecule has 0 unspecified atom stereocenters. The number of nitrogens with one attached hydrogen (secondary N) is 1. The molecule has 19 heavy (non-hydrogen) atoms. The second-order valence-electron chi connectivity index (χ2n) is 4.26. The van der Waals surface area contributed by atoms with Crippen molar-refractivity contribution in [2.24, 2.45) is 0 Å². The van der Waals surface area contributed by atoms with E-state index in [1.807, 2.05) is 4.90 Å². The number of carboxylic acids is 1. The zero-order chi connectivity index (χ0) is 12.7. The number of rotatable bonds is 2. The molecule has 0 bridgehead atoms. The normalized spacial score (nSPS) is 22.1. The first-order valence-corrected chi connectivity index (χ1v) is 6.46. The van der Waals surface area contributed by atoms with Crippen molar-refractivity contribution in [1.29, 1.82) is 0 Å². The maximum absolute atomic E-state index is 12.2. The molecular weight excluding hydrogens is 292 g/mol. The minimum Gasteiger partial charge on any atom is -0.477 e. The number of carbonyl (C=O) groups excluding carboxylic acids is 1. The fourth-order valence-electron chi connectivity index (χ4n) is 2.27. The van der Waals surface area contributed by atoms with E-state index < -0.39 is 5.97 Å². The van der Waals surface area contributed by atoms with Crippen LogP contribution < -0.4 is 10.2 Å². The summed E-state index contributed by atoms with van der Waals surface area (Å²) in [6, 6.07) is 0.0798. The number of piperazine rings is 1. The van der Waals surface area contributed by atoms with Crippen LogP contribution in [0.5, 0.6) is 0 Å². The Kier molecular flexibility index (Phi) is 3.93. The van der Waals surface area contributed by atoms with E-state index in [0.717, 1.165) is 24.4 Å². The molecule has 2 saturated heterocycles. The second-order valence-corrected chi connectivity index (χ2v) is 5.27. The molecule has 2 amide bonds. The lowest BCUT2D eigenvalue weighted by Gasteiger charge is -2.28. The average Bonchev–Trinajstić information content (AvgIpc) is 2.95. The SMILES string of the molecule is Cl.O=C(O)c1cnc(N2C[C@@H]3CNCCN3C2=O)s1. The molecule has 7 nitrogen and oxygen atoms in total. The van der Waals surface area contributed by atoms with Crippen molar-refractivity contribution in [3.05, 3.63) is 11.1 Å². The quantitative estimate of drug-likeness (QED) is 0.830. The maximum Gasteiger partial charge on any atom is 0.347 e.